The van der Waals surface area contributed by atoms with E-state index in [-0.39, 0.29) is 48.8 Å². The number of ether oxygens (including phenoxy) is 4. The second kappa shape index (κ2) is 29.8. The van der Waals surface area contributed by atoms with Crippen molar-refractivity contribution in [2.45, 2.75) is 128 Å². The van der Waals surface area contributed by atoms with Gasteiger partial charge in [-0.2, -0.15) is 0 Å². The largest absolute Gasteiger partial charge is 0.497 e. The van der Waals surface area contributed by atoms with Crippen molar-refractivity contribution in [2.75, 3.05) is 73.7 Å². The number of benzene rings is 4. The highest BCUT2D eigenvalue weighted by Crippen LogP contribution is 2.43. The van der Waals surface area contributed by atoms with Crippen molar-refractivity contribution in [2.24, 2.45) is 11.8 Å². The Balaban J connectivity index is 0.000000246. The highest BCUT2D eigenvalue weighted by molar-refractivity contribution is 5.80. The zero-order valence-corrected chi connectivity index (χ0v) is 45.5. The van der Waals surface area contributed by atoms with E-state index in [1.165, 1.54) is 0 Å². The number of nitrogens with one attached hydrogen (secondary N) is 1. The number of amides is 2. The number of unbranched alkanes of at least 4 members (excludes halogenated alkanes) is 3. The predicted octanol–water partition coefficient (Wildman–Crippen LogP) is 9.66. The van der Waals surface area contributed by atoms with E-state index in [0.717, 1.165) is 135 Å². The molecule has 3 heterocycles. The van der Waals surface area contributed by atoms with Crippen molar-refractivity contribution >= 4 is 23.8 Å². The van der Waals surface area contributed by atoms with Gasteiger partial charge in [-0.15, -0.1) is 0 Å². The van der Waals surface area contributed by atoms with Gasteiger partial charge >= 0.3 is 11.9 Å². The van der Waals surface area contributed by atoms with Gasteiger partial charge in [0.15, 0.2) is 0 Å². The molecule has 0 aliphatic carbocycles. The van der Waals surface area contributed by atoms with Gasteiger partial charge in [0.25, 0.3) is 0 Å². The molecule has 4 aromatic carbocycles. The zero-order chi connectivity index (χ0) is 53.7. The van der Waals surface area contributed by atoms with Crippen molar-refractivity contribution in [1.29, 1.82) is 0 Å². The first-order chi connectivity index (χ1) is 36.4. The molecule has 0 aromatic heterocycles. The fourth-order valence-corrected chi connectivity index (χ4v) is 11.5. The molecule has 0 saturated carbocycles. The molecule has 3 N–H and O–H groups in total. The van der Waals surface area contributed by atoms with Gasteiger partial charge in [-0.1, -0.05) is 101 Å². The van der Waals surface area contributed by atoms with Gasteiger partial charge in [-0.25, -0.2) is 0 Å². The van der Waals surface area contributed by atoms with Crippen LogP contribution < -0.4 is 24.3 Å². The number of hydrogen-bond donors (Lipinski definition) is 3. The molecule has 3 aliphatic heterocycles. The normalized spacial score (nSPS) is 20.1. The molecular weight excluding hydrogens is 949 g/mol. The fourth-order valence-electron chi connectivity index (χ4n) is 11.5. The number of likely N-dealkylation sites (tertiary alicyclic amines) is 2. The van der Waals surface area contributed by atoms with Gasteiger partial charge in [0.1, 0.15) is 23.0 Å². The van der Waals surface area contributed by atoms with E-state index >= 15 is 0 Å². The first kappa shape index (κ1) is 58.1. The number of carbonyl (C=O) groups excluding carboxylic acids is 2. The van der Waals surface area contributed by atoms with Crippen LogP contribution in [0.1, 0.15) is 125 Å². The Morgan fingerprint density at radius 1 is 0.640 bits per heavy atom. The molecule has 2 saturated heterocycles. The average molecular weight is 1030 g/mol. The monoisotopic (exact) mass is 1030 g/mol. The lowest BCUT2D eigenvalue weighted by Crippen LogP contribution is -2.44. The number of nitrogens with zero attached hydrogens (tertiary/aromatic N) is 3. The van der Waals surface area contributed by atoms with E-state index in [4.69, 9.17) is 18.9 Å². The van der Waals surface area contributed by atoms with Crippen LogP contribution >= 0.6 is 0 Å². The second-order valence-electron chi connectivity index (χ2n) is 20.4. The van der Waals surface area contributed by atoms with E-state index in [2.05, 4.69) is 48.0 Å². The number of rotatable bonds is 28. The Kier molecular flexibility index (Phi) is 23.1. The van der Waals surface area contributed by atoms with E-state index in [9.17, 15) is 29.4 Å². The van der Waals surface area contributed by atoms with Gasteiger partial charge in [-0.3, -0.25) is 29.0 Å². The Bertz CT molecular complexity index is 2420. The number of methoxy groups -OCH3 is 3. The number of para-hydroxylation sites is 2. The van der Waals surface area contributed by atoms with Crippen LogP contribution in [0.2, 0.25) is 0 Å². The summed E-state index contributed by atoms with van der Waals surface area (Å²) in [6.45, 7) is 10.8. The van der Waals surface area contributed by atoms with Crippen LogP contribution in [-0.2, 0) is 38.4 Å². The molecule has 0 radical (unpaired) electrons. The number of aliphatic carboxylic acids is 2. The summed E-state index contributed by atoms with van der Waals surface area (Å²) in [7, 11) is 4.95. The zero-order valence-electron chi connectivity index (χ0n) is 45.5. The third-order valence-electron chi connectivity index (χ3n) is 15.5. The van der Waals surface area contributed by atoms with Gasteiger partial charge in [0, 0.05) is 63.1 Å². The second-order valence-corrected chi connectivity index (χ2v) is 20.4. The van der Waals surface area contributed by atoms with Gasteiger partial charge in [0.2, 0.25) is 11.8 Å². The van der Waals surface area contributed by atoms with E-state index in [1.54, 1.807) is 21.3 Å². The summed E-state index contributed by atoms with van der Waals surface area (Å²) in [5.41, 5.74) is 5.37. The van der Waals surface area contributed by atoms with E-state index in [0.29, 0.717) is 39.1 Å². The maximum atomic E-state index is 13.6. The highest BCUT2D eigenvalue weighted by Gasteiger charge is 2.48. The molecule has 0 bridgehead atoms. The maximum absolute atomic E-state index is 13.6. The summed E-state index contributed by atoms with van der Waals surface area (Å²) in [4.78, 5) is 57.9. The number of carbonyl (C=O) groups is 4. The molecule has 14 heteroatoms. The van der Waals surface area contributed by atoms with Gasteiger partial charge < -0.3 is 39.4 Å². The number of aryl methyl sites for hydroxylation is 2. The van der Waals surface area contributed by atoms with Crippen LogP contribution in [0, 0.1) is 11.8 Å². The van der Waals surface area contributed by atoms with Crippen molar-refractivity contribution in [3.05, 3.63) is 119 Å². The SMILES string of the molecule is CCCCN(CCCC)C(=O)CN1C[C@H](c2ccc3c(c2)CCO3)[C@@H](C(=O)O)[C@@H]1CCCc1ccccc1OC.CCCCNC(=O)CN1C[C@H](c2ccc(OC)cc2)[C@@H](C(=O)O)[C@@H]1CCCc1ccccc1OC. The summed E-state index contributed by atoms with van der Waals surface area (Å²) in [6.07, 6.45) is 11.4. The minimum absolute atomic E-state index is 0.0484. The Labute approximate surface area is 446 Å². The number of carboxylic acids is 2. The molecule has 7 rings (SSSR count). The molecule has 3 aliphatic rings. The molecule has 2 fully saturated rings. The maximum Gasteiger partial charge on any atom is 0.308 e. The van der Waals surface area contributed by atoms with Crippen molar-refractivity contribution in [3.63, 3.8) is 0 Å². The summed E-state index contributed by atoms with van der Waals surface area (Å²) >= 11 is 0. The molecule has 4 aromatic rings. The topological polar surface area (TPSA) is 167 Å². The smallest absolute Gasteiger partial charge is 0.308 e. The molecule has 75 heavy (non-hydrogen) atoms. The first-order valence-corrected chi connectivity index (χ1v) is 27.6. The fraction of sp³-hybridized carbons (Fsp3) is 0.541. The van der Waals surface area contributed by atoms with E-state index in [1.807, 2.05) is 83.8 Å². The molecule has 408 valence electrons. The van der Waals surface area contributed by atoms with Crippen molar-refractivity contribution in [1.82, 2.24) is 20.0 Å². The quantitative estimate of drug-likeness (QED) is 0.0462. The summed E-state index contributed by atoms with van der Waals surface area (Å²) in [5, 5.41) is 23.8. The molecule has 0 spiro atoms. The molecule has 0 unspecified atom stereocenters. The van der Waals surface area contributed by atoms with Crippen LogP contribution in [0.15, 0.2) is 91.0 Å². The summed E-state index contributed by atoms with van der Waals surface area (Å²) in [5.74, 6) is 0.260. The van der Waals surface area contributed by atoms with Crippen molar-refractivity contribution < 1.29 is 48.3 Å². The third kappa shape index (κ3) is 16.0. The standard InChI is InChI=1S/C33H46N2O5.C28H38N2O5/c1-4-6-18-34(19-7-5-2)31(36)23-35-22-27(25-15-16-30-26(21-25)17-20-40-30)32(33(37)38)28(35)13-10-12-24-11-8-9-14-29(24)39-3;1-4-5-17-29-26(31)19-30-18-23(20-13-15-22(34-2)16-14-20)27(28(32)33)24(30)11-8-10-21-9-6-7-12-25(21)35-3/h8-9,11,14-16,21,27-28,32H,4-7,10,12-13,17-20,22-23H2,1-3H3,(H,37,38);6-7,9,12-16,23-24,27H,4-5,8,10-11,17-19H2,1-3H3,(H,29,31)(H,32,33)/t27-,28+,32-;23-,24+,27-/m11/s1. The minimum Gasteiger partial charge on any atom is -0.497 e. The molecule has 2 amide bonds. The van der Waals surface area contributed by atoms with Crippen LogP contribution in [0.3, 0.4) is 0 Å². The Morgan fingerprint density at radius 2 is 1.16 bits per heavy atom. The lowest BCUT2D eigenvalue weighted by atomic mass is 9.83. The minimum atomic E-state index is -0.818. The third-order valence-corrected chi connectivity index (χ3v) is 15.5. The number of carboxylic acid groups (broad SMARTS) is 2. The predicted molar refractivity (Wildman–Crippen MR) is 293 cm³/mol. The van der Waals surface area contributed by atoms with Crippen LogP contribution in [0.4, 0.5) is 0 Å². The Hall–Kier alpha value is -6.12. The molecule has 14 nitrogen and oxygen atoms in total. The lowest BCUT2D eigenvalue weighted by molar-refractivity contribution is -0.144. The van der Waals surface area contributed by atoms with Crippen LogP contribution in [0.25, 0.3) is 0 Å². The average Bonchev–Trinajstić information content (AvgIpc) is 4.15. The van der Waals surface area contributed by atoms with Gasteiger partial charge in [-0.05, 0) is 116 Å². The van der Waals surface area contributed by atoms with Crippen LogP contribution in [0.5, 0.6) is 23.0 Å². The highest BCUT2D eigenvalue weighted by atomic mass is 16.5. The van der Waals surface area contributed by atoms with Crippen LogP contribution in [-0.4, -0.2) is 134 Å². The van der Waals surface area contributed by atoms with Gasteiger partial charge in [0.05, 0.1) is 52.9 Å². The summed E-state index contributed by atoms with van der Waals surface area (Å²) < 4.78 is 22.0. The lowest BCUT2D eigenvalue weighted by Gasteiger charge is -2.30. The molecular formula is C61H84N4O10. The number of hydrogen-bond acceptors (Lipinski definition) is 10. The number of fused-ring (bicyclic) bond motifs is 1. The summed E-state index contributed by atoms with van der Waals surface area (Å²) in [6, 6.07) is 29.2. The van der Waals surface area contributed by atoms with Crippen molar-refractivity contribution in [3.8, 4) is 23.0 Å². The Morgan fingerprint density at radius 3 is 1.68 bits per heavy atom. The van der Waals surface area contributed by atoms with E-state index < -0.39 is 23.8 Å². The molecule has 6 atom stereocenters. The first-order valence-electron chi connectivity index (χ1n) is 27.6.